The van der Waals surface area contributed by atoms with E-state index in [9.17, 15) is 13.2 Å². The largest absolute Gasteiger partial charge is 0.300 e. The molecule has 7 nitrogen and oxygen atoms in total. The van der Waals surface area contributed by atoms with Crippen molar-refractivity contribution in [1.29, 1.82) is 0 Å². The molecule has 0 atom stereocenters. The quantitative estimate of drug-likeness (QED) is 0.825. The van der Waals surface area contributed by atoms with Gasteiger partial charge in [-0.3, -0.25) is 4.79 Å². The number of sulfonamides is 1. The Labute approximate surface area is 151 Å². The number of anilines is 1. The summed E-state index contributed by atoms with van der Waals surface area (Å²) in [4.78, 5) is 12.0. The number of amides is 1. The van der Waals surface area contributed by atoms with E-state index in [1.165, 1.54) is 9.87 Å². The molecule has 3 rings (SSSR count). The number of carbonyl (C=O) groups excluding carboxylic acids is 1. The highest BCUT2D eigenvalue weighted by atomic mass is 32.2. The third-order valence-corrected chi connectivity index (χ3v) is 6.99. The van der Waals surface area contributed by atoms with Crippen LogP contribution in [0.1, 0.15) is 31.9 Å². The van der Waals surface area contributed by atoms with Crippen molar-refractivity contribution < 1.29 is 13.2 Å². The SMILES string of the molecule is CC(C)(C)C(=O)Nc1nnc(S(=O)(=O)N2CCc3ccccc3C2)s1. The molecule has 0 unspecified atom stereocenters. The van der Waals surface area contributed by atoms with Gasteiger partial charge in [-0.05, 0) is 17.5 Å². The third kappa shape index (κ3) is 3.73. The molecule has 25 heavy (non-hydrogen) atoms. The van der Waals surface area contributed by atoms with E-state index in [1.807, 2.05) is 24.3 Å². The van der Waals surface area contributed by atoms with E-state index >= 15 is 0 Å². The summed E-state index contributed by atoms with van der Waals surface area (Å²) in [6.07, 6.45) is 0.668. The molecule has 0 saturated heterocycles. The number of carbonyl (C=O) groups is 1. The molecule has 1 aromatic carbocycles. The second-order valence-electron chi connectivity index (χ2n) is 6.93. The average molecular weight is 380 g/mol. The van der Waals surface area contributed by atoms with Crippen LogP contribution in [0.5, 0.6) is 0 Å². The van der Waals surface area contributed by atoms with E-state index in [-0.39, 0.29) is 15.4 Å². The summed E-state index contributed by atoms with van der Waals surface area (Å²) in [6, 6.07) is 7.81. The van der Waals surface area contributed by atoms with Gasteiger partial charge in [-0.25, -0.2) is 8.42 Å². The van der Waals surface area contributed by atoms with E-state index in [0.717, 1.165) is 16.9 Å². The van der Waals surface area contributed by atoms with Crippen LogP contribution in [-0.2, 0) is 27.8 Å². The molecule has 0 bridgehead atoms. The molecule has 0 radical (unpaired) electrons. The lowest BCUT2D eigenvalue weighted by Crippen LogP contribution is -2.35. The highest BCUT2D eigenvalue weighted by Crippen LogP contribution is 2.28. The Morgan fingerprint density at radius 2 is 1.88 bits per heavy atom. The molecule has 1 aliphatic heterocycles. The molecule has 1 amide bonds. The summed E-state index contributed by atoms with van der Waals surface area (Å²) in [6.45, 7) is 6.04. The van der Waals surface area contributed by atoms with Gasteiger partial charge in [-0.15, -0.1) is 10.2 Å². The third-order valence-electron chi connectivity index (χ3n) is 3.96. The van der Waals surface area contributed by atoms with Crippen molar-refractivity contribution >= 4 is 32.4 Å². The van der Waals surface area contributed by atoms with E-state index < -0.39 is 15.4 Å². The summed E-state index contributed by atoms with van der Waals surface area (Å²) in [5.41, 5.74) is 1.58. The first kappa shape index (κ1) is 18.0. The van der Waals surface area contributed by atoms with Crippen LogP contribution in [-0.4, -0.2) is 35.4 Å². The maximum absolute atomic E-state index is 12.8. The Hall–Kier alpha value is -1.84. The van der Waals surface area contributed by atoms with Crippen molar-refractivity contribution in [3.8, 4) is 0 Å². The molecule has 0 fully saturated rings. The lowest BCUT2D eigenvalue weighted by molar-refractivity contribution is -0.123. The van der Waals surface area contributed by atoms with Gasteiger partial charge in [0.25, 0.3) is 10.0 Å². The minimum atomic E-state index is -3.73. The number of nitrogens with one attached hydrogen (secondary N) is 1. The fraction of sp³-hybridized carbons (Fsp3) is 0.438. The van der Waals surface area contributed by atoms with Crippen LogP contribution in [0.15, 0.2) is 28.6 Å². The number of hydrogen-bond donors (Lipinski definition) is 1. The van der Waals surface area contributed by atoms with Crippen molar-refractivity contribution in [1.82, 2.24) is 14.5 Å². The fourth-order valence-electron chi connectivity index (χ4n) is 2.43. The van der Waals surface area contributed by atoms with Gasteiger partial charge < -0.3 is 5.32 Å². The van der Waals surface area contributed by atoms with Crippen LogP contribution >= 0.6 is 11.3 Å². The van der Waals surface area contributed by atoms with Crippen molar-refractivity contribution in [3.05, 3.63) is 35.4 Å². The Balaban J connectivity index is 1.79. The van der Waals surface area contributed by atoms with Gasteiger partial charge in [-0.2, -0.15) is 4.31 Å². The molecule has 0 aliphatic carbocycles. The lowest BCUT2D eigenvalue weighted by Gasteiger charge is -2.26. The smallest absolute Gasteiger partial charge is 0.272 e. The lowest BCUT2D eigenvalue weighted by atomic mass is 9.96. The number of hydrogen-bond acceptors (Lipinski definition) is 6. The van der Waals surface area contributed by atoms with Crippen LogP contribution in [0.25, 0.3) is 0 Å². The Kier molecular flexibility index (Phi) is 4.65. The van der Waals surface area contributed by atoms with Crippen LogP contribution in [0.4, 0.5) is 5.13 Å². The minimum Gasteiger partial charge on any atom is -0.300 e. The first-order chi connectivity index (χ1) is 11.7. The predicted octanol–water partition coefficient (Wildman–Crippen LogP) is 2.27. The van der Waals surface area contributed by atoms with Gasteiger partial charge in [0.1, 0.15) is 0 Å². The van der Waals surface area contributed by atoms with Crippen LogP contribution < -0.4 is 5.32 Å². The van der Waals surface area contributed by atoms with E-state index in [4.69, 9.17) is 0 Å². The normalized spacial score (nSPS) is 15.6. The van der Waals surface area contributed by atoms with E-state index in [2.05, 4.69) is 15.5 Å². The van der Waals surface area contributed by atoms with Gasteiger partial charge in [-0.1, -0.05) is 56.4 Å². The number of nitrogens with zero attached hydrogens (tertiary/aromatic N) is 3. The summed E-state index contributed by atoms with van der Waals surface area (Å²) in [7, 11) is -3.73. The first-order valence-electron chi connectivity index (χ1n) is 7.90. The van der Waals surface area contributed by atoms with Gasteiger partial charge in [0.2, 0.25) is 15.4 Å². The monoisotopic (exact) mass is 380 g/mol. The molecule has 0 saturated carbocycles. The molecule has 1 aromatic heterocycles. The van der Waals surface area contributed by atoms with Crippen molar-refractivity contribution in [3.63, 3.8) is 0 Å². The van der Waals surface area contributed by atoms with Gasteiger partial charge in [0.05, 0.1) is 0 Å². The van der Waals surface area contributed by atoms with Crippen LogP contribution in [0.3, 0.4) is 0 Å². The Bertz CT molecular complexity index is 900. The number of aromatic nitrogens is 2. The molecule has 134 valence electrons. The Morgan fingerprint density at radius 1 is 1.20 bits per heavy atom. The second kappa shape index (κ2) is 6.47. The molecule has 2 heterocycles. The molecule has 0 spiro atoms. The van der Waals surface area contributed by atoms with E-state index in [0.29, 0.717) is 19.5 Å². The zero-order chi connectivity index (χ0) is 18.2. The van der Waals surface area contributed by atoms with Crippen LogP contribution in [0, 0.1) is 5.41 Å². The maximum atomic E-state index is 12.8. The summed E-state index contributed by atoms with van der Waals surface area (Å²) < 4.78 is 26.9. The summed E-state index contributed by atoms with van der Waals surface area (Å²) >= 11 is 0.875. The van der Waals surface area contributed by atoms with Crippen LogP contribution in [0.2, 0.25) is 0 Å². The molecule has 1 aliphatic rings. The molecule has 2 aromatic rings. The van der Waals surface area contributed by atoms with E-state index in [1.54, 1.807) is 20.8 Å². The highest BCUT2D eigenvalue weighted by Gasteiger charge is 2.32. The molecule has 9 heteroatoms. The number of fused-ring (bicyclic) bond motifs is 1. The maximum Gasteiger partial charge on any atom is 0.272 e. The zero-order valence-electron chi connectivity index (χ0n) is 14.3. The highest BCUT2D eigenvalue weighted by molar-refractivity contribution is 7.91. The van der Waals surface area contributed by atoms with Gasteiger partial charge in [0.15, 0.2) is 0 Å². The van der Waals surface area contributed by atoms with Crippen molar-refractivity contribution in [2.45, 2.75) is 38.1 Å². The molecular weight excluding hydrogens is 360 g/mol. The minimum absolute atomic E-state index is 0.101. The molecule has 1 N–H and O–H groups in total. The predicted molar refractivity (Wildman–Crippen MR) is 95.7 cm³/mol. The zero-order valence-corrected chi connectivity index (χ0v) is 15.9. The number of benzene rings is 1. The average Bonchev–Trinajstić information content (AvgIpc) is 3.03. The summed E-state index contributed by atoms with van der Waals surface area (Å²) in [5.74, 6) is -0.237. The fourth-order valence-corrected chi connectivity index (χ4v) is 4.89. The first-order valence-corrected chi connectivity index (χ1v) is 10.2. The van der Waals surface area contributed by atoms with Gasteiger partial charge in [0, 0.05) is 18.5 Å². The summed E-state index contributed by atoms with van der Waals surface area (Å²) in [5, 5.41) is 10.4. The standard InChI is InChI=1S/C16H20N4O3S2/c1-16(2,3)13(21)17-14-18-19-15(24-14)25(22,23)20-9-8-11-6-4-5-7-12(11)10-20/h4-7H,8-10H2,1-3H3,(H,17,18,21). The van der Waals surface area contributed by atoms with Gasteiger partial charge >= 0.3 is 0 Å². The van der Waals surface area contributed by atoms with Crippen molar-refractivity contribution in [2.75, 3.05) is 11.9 Å². The topological polar surface area (TPSA) is 92.3 Å². The Morgan fingerprint density at radius 3 is 2.56 bits per heavy atom. The molecular formula is C16H20N4O3S2. The van der Waals surface area contributed by atoms with Crippen molar-refractivity contribution in [2.24, 2.45) is 5.41 Å². The second-order valence-corrected chi connectivity index (χ2v) is 10.0. The number of rotatable bonds is 3.